The van der Waals surface area contributed by atoms with E-state index in [1.807, 2.05) is 0 Å². The zero-order valence-corrected chi connectivity index (χ0v) is 20.5. The Bertz CT molecular complexity index is 1390. The Kier molecular flexibility index (Phi) is 7.02. The molecule has 178 valence electrons. The SMILES string of the molecule is NC(=O)c1cc(OCc2ccc(CS(N)(=O)=O)cc2)c2sc(C(F)(F)P(=O)(O)O)c(Br)c2c1. The van der Waals surface area contributed by atoms with Gasteiger partial charge in [0.15, 0.2) is 0 Å². The number of fused-ring (bicyclic) bond motifs is 1. The van der Waals surface area contributed by atoms with Crippen LogP contribution in [0.1, 0.15) is 26.4 Å². The van der Waals surface area contributed by atoms with Crippen LogP contribution >= 0.6 is 34.9 Å². The van der Waals surface area contributed by atoms with E-state index in [0.717, 1.165) is 0 Å². The monoisotopic (exact) mass is 584 g/mol. The number of benzene rings is 2. The lowest BCUT2D eigenvalue weighted by molar-refractivity contribution is 0.0595. The number of thiophene rings is 1. The number of alkyl halides is 2. The summed E-state index contributed by atoms with van der Waals surface area (Å²) in [6.07, 6.45) is 0. The van der Waals surface area contributed by atoms with Gasteiger partial charge in [-0.1, -0.05) is 24.3 Å². The summed E-state index contributed by atoms with van der Waals surface area (Å²) in [5.74, 6) is -1.22. The number of hydrogen-bond donors (Lipinski definition) is 4. The van der Waals surface area contributed by atoms with Gasteiger partial charge in [0.25, 0.3) is 0 Å². The van der Waals surface area contributed by atoms with Crippen molar-refractivity contribution in [3.05, 3.63) is 62.4 Å². The highest BCUT2D eigenvalue weighted by atomic mass is 79.9. The number of amides is 1. The lowest BCUT2D eigenvalue weighted by atomic mass is 10.1. The third-order valence-corrected chi connectivity index (χ3v) is 8.62. The van der Waals surface area contributed by atoms with Gasteiger partial charge in [-0.05, 0) is 39.2 Å². The van der Waals surface area contributed by atoms with Crippen LogP contribution in [0.2, 0.25) is 0 Å². The van der Waals surface area contributed by atoms with Crippen molar-refractivity contribution in [2.75, 3.05) is 0 Å². The van der Waals surface area contributed by atoms with Crippen LogP contribution < -0.4 is 15.6 Å². The number of sulfonamides is 1. The molecule has 3 rings (SSSR count). The largest absolute Gasteiger partial charge is 0.487 e. The third kappa shape index (κ3) is 5.60. The molecule has 0 saturated heterocycles. The Hall–Kier alpha value is -1.93. The van der Waals surface area contributed by atoms with Crippen molar-refractivity contribution in [1.29, 1.82) is 0 Å². The van der Waals surface area contributed by atoms with E-state index >= 15 is 0 Å². The Labute approximate surface area is 198 Å². The van der Waals surface area contributed by atoms with Crippen LogP contribution in [-0.4, -0.2) is 24.1 Å². The second-order valence-corrected chi connectivity index (χ2v) is 12.0. The first-order valence-electron chi connectivity index (χ1n) is 8.81. The molecule has 3 aromatic rings. The number of primary amides is 1. The fourth-order valence-corrected chi connectivity index (χ4v) is 6.47. The zero-order valence-electron chi connectivity index (χ0n) is 16.4. The Morgan fingerprint density at radius 3 is 2.27 bits per heavy atom. The summed E-state index contributed by atoms with van der Waals surface area (Å²) in [7, 11) is -9.54. The number of primary sulfonamides is 1. The standard InChI is InChI=1S/C18H16BrF2N2O7PS2/c19-14-12-5-11(17(22)24)6-13(15(12)32-16(14)18(20,21)31(25,26)27)30-7-9-1-3-10(4-2-9)8-33(23,28)29/h1-6H,7-8H2,(H2,22,24)(H2,23,28,29)(H2,25,26,27). The van der Waals surface area contributed by atoms with Gasteiger partial charge in [-0.15, -0.1) is 11.3 Å². The molecule has 0 bridgehead atoms. The highest BCUT2D eigenvalue weighted by Gasteiger charge is 2.53. The quantitative estimate of drug-likeness (QED) is 0.294. The molecule has 9 nitrogen and oxygen atoms in total. The molecule has 0 atom stereocenters. The predicted molar refractivity (Wildman–Crippen MR) is 122 cm³/mol. The summed E-state index contributed by atoms with van der Waals surface area (Å²) in [4.78, 5) is 29.0. The molecule has 0 radical (unpaired) electrons. The summed E-state index contributed by atoms with van der Waals surface area (Å²) in [5, 5.41) is 5.08. The van der Waals surface area contributed by atoms with Crippen LogP contribution in [0.15, 0.2) is 40.9 Å². The predicted octanol–water partition coefficient (Wildman–Crippen LogP) is 3.36. The molecule has 2 aromatic carbocycles. The fraction of sp³-hybridized carbons (Fsp3) is 0.167. The van der Waals surface area contributed by atoms with Crippen molar-refractivity contribution in [3.8, 4) is 5.75 Å². The number of carbonyl (C=O) groups excluding carboxylic acids is 1. The van der Waals surface area contributed by atoms with Gasteiger partial charge in [0.1, 0.15) is 17.2 Å². The van der Waals surface area contributed by atoms with Crippen LogP contribution in [0.25, 0.3) is 10.1 Å². The topological polar surface area (TPSA) is 170 Å². The van der Waals surface area contributed by atoms with Crippen LogP contribution in [-0.2, 0) is 32.6 Å². The van der Waals surface area contributed by atoms with Crippen molar-refractivity contribution in [2.45, 2.75) is 18.0 Å². The molecular formula is C18H16BrF2N2O7PS2. The molecular weight excluding hydrogens is 569 g/mol. The van der Waals surface area contributed by atoms with Gasteiger partial charge >= 0.3 is 13.3 Å². The normalized spacial score (nSPS) is 12.8. The number of rotatable bonds is 8. The van der Waals surface area contributed by atoms with Crippen LogP contribution in [0.3, 0.4) is 0 Å². The first-order valence-corrected chi connectivity index (χ1v) is 13.7. The molecule has 0 saturated carbocycles. The molecule has 33 heavy (non-hydrogen) atoms. The van der Waals surface area contributed by atoms with Gasteiger partial charge in [0.2, 0.25) is 15.9 Å². The maximum absolute atomic E-state index is 14.4. The molecule has 0 spiro atoms. The van der Waals surface area contributed by atoms with Gasteiger partial charge in [-0.2, -0.15) is 8.78 Å². The average Bonchev–Trinajstić information content (AvgIpc) is 3.02. The number of nitrogens with two attached hydrogens (primary N) is 2. The van der Waals surface area contributed by atoms with Crippen molar-refractivity contribution < 1.29 is 41.1 Å². The highest BCUT2D eigenvalue weighted by Crippen LogP contribution is 2.63. The first kappa shape index (κ1) is 25.7. The zero-order chi connectivity index (χ0) is 24.8. The maximum atomic E-state index is 14.4. The van der Waals surface area contributed by atoms with Gasteiger partial charge in [0, 0.05) is 15.4 Å². The summed E-state index contributed by atoms with van der Waals surface area (Å²) < 4.78 is 68.0. The first-order chi connectivity index (χ1) is 15.1. The Morgan fingerprint density at radius 1 is 1.18 bits per heavy atom. The third-order valence-electron chi connectivity index (χ3n) is 4.40. The minimum absolute atomic E-state index is 0.00613. The van der Waals surface area contributed by atoms with Crippen molar-refractivity contribution in [1.82, 2.24) is 0 Å². The molecule has 6 N–H and O–H groups in total. The minimum Gasteiger partial charge on any atom is -0.487 e. The molecule has 1 amide bonds. The second-order valence-electron chi connectivity index (χ2n) is 6.96. The van der Waals surface area contributed by atoms with Crippen molar-refractivity contribution in [3.63, 3.8) is 0 Å². The van der Waals surface area contributed by atoms with Crippen molar-refractivity contribution in [2.24, 2.45) is 10.9 Å². The summed E-state index contributed by atoms with van der Waals surface area (Å²) in [6.45, 7) is -0.0906. The number of halogens is 3. The van der Waals surface area contributed by atoms with Gasteiger partial charge < -0.3 is 20.3 Å². The van der Waals surface area contributed by atoms with E-state index in [1.54, 1.807) is 12.1 Å². The second kappa shape index (κ2) is 9.02. The Balaban J connectivity index is 2.01. The van der Waals surface area contributed by atoms with E-state index in [9.17, 15) is 26.6 Å². The smallest absolute Gasteiger partial charge is 0.400 e. The minimum atomic E-state index is -5.84. The summed E-state index contributed by atoms with van der Waals surface area (Å²) >= 11 is 3.35. The van der Waals surface area contributed by atoms with Gasteiger partial charge in [0.05, 0.1) is 10.5 Å². The van der Waals surface area contributed by atoms with E-state index in [4.69, 9.17) is 25.4 Å². The van der Waals surface area contributed by atoms with Crippen LogP contribution in [0, 0.1) is 0 Å². The molecule has 1 aromatic heterocycles. The molecule has 15 heteroatoms. The van der Waals surface area contributed by atoms with E-state index in [2.05, 4.69) is 15.9 Å². The van der Waals surface area contributed by atoms with Crippen molar-refractivity contribution >= 4 is 60.9 Å². The molecule has 0 aliphatic rings. The molecule has 0 aliphatic carbocycles. The molecule has 1 heterocycles. The van der Waals surface area contributed by atoms with E-state index in [0.29, 0.717) is 22.5 Å². The summed E-state index contributed by atoms with van der Waals surface area (Å²) in [5.41, 5.74) is 1.82. The fourth-order valence-electron chi connectivity index (χ4n) is 2.84. The van der Waals surface area contributed by atoms with Crippen LogP contribution in [0.5, 0.6) is 5.75 Å². The number of hydrogen-bond acceptors (Lipinski definition) is 6. The molecule has 0 aliphatic heterocycles. The molecule has 0 unspecified atom stereocenters. The van der Waals surface area contributed by atoms with Gasteiger partial charge in [-0.25, -0.2) is 13.6 Å². The van der Waals surface area contributed by atoms with Crippen LogP contribution in [0.4, 0.5) is 8.78 Å². The number of ether oxygens (including phenoxy) is 1. The summed E-state index contributed by atoms with van der Waals surface area (Å²) in [6, 6.07) is 8.66. The lowest BCUT2D eigenvalue weighted by Gasteiger charge is -2.16. The Morgan fingerprint density at radius 2 is 1.76 bits per heavy atom. The van der Waals surface area contributed by atoms with E-state index in [-0.39, 0.29) is 38.2 Å². The highest BCUT2D eigenvalue weighted by molar-refractivity contribution is 9.10. The van der Waals surface area contributed by atoms with E-state index in [1.165, 1.54) is 24.3 Å². The lowest BCUT2D eigenvalue weighted by Crippen LogP contribution is -2.14. The maximum Gasteiger partial charge on any atom is 0.400 e. The van der Waals surface area contributed by atoms with Gasteiger partial charge in [-0.3, -0.25) is 9.36 Å². The molecule has 0 fully saturated rings. The van der Waals surface area contributed by atoms with E-state index < -0.39 is 34.1 Å². The average molecular weight is 585 g/mol. The number of carbonyl (C=O) groups is 1.